The van der Waals surface area contributed by atoms with Crippen LogP contribution in [0.2, 0.25) is 0 Å². The summed E-state index contributed by atoms with van der Waals surface area (Å²) >= 11 is 1.47. The Morgan fingerprint density at radius 2 is 1.89 bits per heavy atom. The first-order valence-corrected chi connectivity index (χ1v) is 11.1. The predicted octanol–water partition coefficient (Wildman–Crippen LogP) is 3.47. The van der Waals surface area contributed by atoms with E-state index in [4.69, 9.17) is 0 Å². The van der Waals surface area contributed by atoms with Crippen molar-refractivity contribution in [1.29, 1.82) is 0 Å². The zero-order chi connectivity index (χ0) is 19.1. The van der Waals surface area contributed by atoms with E-state index in [2.05, 4.69) is 10.6 Å². The Labute approximate surface area is 178 Å². The quantitative estimate of drug-likeness (QED) is 0.685. The largest absolute Gasteiger partial charge is 0.348 e. The smallest absolute Gasteiger partial charge is 0.252 e. The molecule has 1 aromatic rings. The van der Waals surface area contributed by atoms with Gasteiger partial charge in [-0.2, -0.15) is 0 Å². The molecule has 0 radical (unpaired) electrons. The molecule has 156 valence electrons. The Bertz CT molecular complexity index is 646. The number of benzene rings is 1. The van der Waals surface area contributed by atoms with Gasteiger partial charge in [0.2, 0.25) is 5.91 Å². The van der Waals surface area contributed by atoms with Crippen molar-refractivity contribution in [2.75, 3.05) is 25.9 Å². The first kappa shape index (κ1) is 23.0. The van der Waals surface area contributed by atoms with Crippen LogP contribution < -0.4 is 10.6 Å². The number of rotatable bonds is 6. The minimum atomic E-state index is -0.0418. The lowest BCUT2D eigenvalue weighted by molar-refractivity contribution is -0.129. The van der Waals surface area contributed by atoms with Gasteiger partial charge < -0.3 is 15.5 Å². The molecule has 1 aliphatic heterocycles. The first-order valence-electron chi connectivity index (χ1n) is 10.1. The molecule has 0 unspecified atom stereocenters. The number of hydrogen-bond donors (Lipinski definition) is 2. The fourth-order valence-electron chi connectivity index (χ4n) is 3.93. The van der Waals surface area contributed by atoms with Crippen LogP contribution in [0.25, 0.3) is 0 Å². The van der Waals surface area contributed by atoms with E-state index in [0.29, 0.717) is 17.4 Å². The highest BCUT2D eigenvalue weighted by Crippen LogP contribution is 2.26. The summed E-state index contributed by atoms with van der Waals surface area (Å²) in [7, 11) is 1.92. The molecule has 0 bridgehead atoms. The van der Waals surface area contributed by atoms with Crippen molar-refractivity contribution >= 4 is 36.0 Å². The lowest BCUT2D eigenvalue weighted by Crippen LogP contribution is -2.45. The number of nitrogens with one attached hydrogen (secondary N) is 2. The molecule has 7 heteroatoms. The van der Waals surface area contributed by atoms with Crippen molar-refractivity contribution in [2.24, 2.45) is 0 Å². The summed E-state index contributed by atoms with van der Waals surface area (Å²) in [4.78, 5) is 28.1. The average Bonchev–Trinajstić information content (AvgIpc) is 2.73. The van der Waals surface area contributed by atoms with Crippen LogP contribution in [0.15, 0.2) is 29.2 Å². The van der Waals surface area contributed by atoms with Gasteiger partial charge in [-0.1, -0.05) is 31.4 Å². The average molecular weight is 426 g/mol. The Hall–Kier alpha value is -1.24. The van der Waals surface area contributed by atoms with Crippen molar-refractivity contribution in [2.45, 2.75) is 61.9 Å². The van der Waals surface area contributed by atoms with E-state index in [9.17, 15) is 9.59 Å². The second-order valence-electron chi connectivity index (χ2n) is 7.60. The monoisotopic (exact) mass is 425 g/mol. The standard InChI is InChI=1S/C21H31N3O2S.ClH/c1-24(17-9-3-2-4-10-17)20(25)15-27-19-12-6-5-11-18(19)21(26)23-16-8-7-13-22-14-16;/h5-6,11-12,16-17,22H,2-4,7-10,13-15H2,1H3,(H,23,26);1H/t16-;/m0./s1. The molecule has 1 aromatic carbocycles. The maximum atomic E-state index is 12.7. The number of piperidine rings is 1. The number of amides is 2. The van der Waals surface area contributed by atoms with E-state index < -0.39 is 0 Å². The predicted molar refractivity (Wildman–Crippen MR) is 117 cm³/mol. The molecule has 1 saturated heterocycles. The fourth-order valence-corrected chi connectivity index (χ4v) is 4.91. The maximum Gasteiger partial charge on any atom is 0.252 e. The zero-order valence-corrected chi connectivity index (χ0v) is 18.2. The van der Waals surface area contributed by atoms with Gasteiger partial charge in [-0.15, -0.1) is 24.2 Å². The van der Waals surface area contributed by atoms with Crippen molar-refractivity contribution in [1.82, 2.24) is 15.5 Å². The van der Waals surface area contributed by atoms with E-state index in [0.717, 1.165) is 43.7 Å². The molecule has 1 saturated carbocycles. The van der Waals surface area contributed by atoms with Crippen LogP contribution in [0.4, 0.5) is 0 Å². The summed E-state index contributed by atoms with van der Waals surface area (Å²) in [5.74, 6) is 0.487. The van der Waals surface area contributed by atoms with Gasteiger partial charge in [-0.05, 0) is 44.4 Å². The van der Waals surface area contributed by atoms with Crippen LogP contribution in [0, 0.1) is 0 Å². The molecule has 2 amide bonds. The second kappa shape index (κ2) is 11.7. The summed E-state index contributed by atoms with van der Waals surface area (Å²) in [5, 5.41) is 6.45. The molecule has 0 aromatic heterocycles. The molecule has 2 aliphatic rings. The Morgan fingerprint density at radius 3 is 2.61 bits per heavy atom. The van der Waals surface area contributed by atoms with Gasteiger partial charge in [0.1, 0.15) is 0 Å². The highest BCUT2D eigenvalue weighted by Gasteiger charge is 2.23. The summed E-state index contributed by atoms with van der Waals surface area (Å²) in [6.45, 7) is 1.85. The van der Waals surface area contributed by atoms with Crippen LogP contribution in [0.1, 0.15) is 55.3 Å². The van der Waals surface area contributed by atoms with E-state index in [-0.39, 0.29) is 30.3 Å². The van der Waals surface area contributed by atoms with E-state index in [1.54, 1.807) is 0 Å². The number of halogens is 1. The third kappa shape index (κ3) is 6.39. The lowest BCUT2D eigenvalue weighted by Gasteiger charge is -2.31. The Kier molecular flexibility index (Phi) is 9.62. The number of thioether (sulfide) groups is 1. The van der Waals surface area contributed by atoms with Gasteiger partial charge >= 0.3 is 0 Å². The van der Waals surface area contributed by atoms with E-state index in [1.807, 2.05) is 36.2 Å². The van der Waals surface area contributed by atoms with E-state index >= 15 is 0 Å². The number of nitrogens with zero attached hydrogens (tertiary/aromatic N) is 1. The third-order valence-electron chi connectivity index (χ3n) is 5.63. The minimum Gasteiger partial charge on any atom is -0.348 e. The zero-order valence-electron chi connectivity index (χ0n) is 16.6. The highest BCUT2D eigenvalue weighted by molar-refractivity contribution is 8.00. The number of hydrogen-bond acceptors (Lipinski definition) is 4. The maximum absolute atomic E-state index is 12.7. The fraction of sp³-hybridized carbons (Fsp3) is 0.619. The highest BCUT2D eigenvalue weighted by atomic mass is 35.5. The number of carbonyl (C=O) groups excluding carboxylic acids is 2. The molecule has 28 heavy (non-hydrogen) atoms. The summed E-state index contributed by atoms with van der Waals surface area (Å²) < 4.78 is 0. The molecule has 3 rings (SSSR count). The summed E-state index contributed by atoms with van der Waals surface area (Å²) in [5.41, 5.74) is 0.668. The van der Waals surface area contributed by atoms with Crippen LogP contribution in [0.5, 0.6) is 0 Å². The molecule has 5 nitrogen and oxygen atoms in total. The Morgan fingerprint density at radius 1 is 1.14 bits per heavy atom. The van der Waals surface area contributed by atoms with Gasteiger partial charge in [-0.25, -0.2) is 0 Å². The van der Waals surface area contributed by atoms with Crippen LogP contribution >= 0.6 is 24.2 Å². The van der Waals surface area contributed by atoms with Crippen LogP contribution in [-0.4, -0.2) is 54.7 Å². The molecule has 2 N–H and O–H groups in total. The SMILES string of the molecule is CN(C(=O)CSc1ccccc1C(=O)N[C@H]1CCCNC1)C1CCCCC1.Cl. The molecular formula is C21H32ClN3O2S. The lowest BCUT2D eigenvalue weighted by atomic mass is 9.94. The van der Waals surface area contributed by atoms with Gasteiger partial charge in [0, 0.05) is 30.6 Å². The van der Waals surface area contributed by atoms with E-state index in [1.165, 1.54) is 31.0 Å². The molecule has 1 heterocycles. The van der Waals surface area contributed by atoms with Gasteiger partial charge in [0.15, 0.2) is 0 Å². The van der Waals surface area contributed by atoms with Crippen LogP contribution in [-0.2, 0) is 4.79 Å². The Balaban J connectivity index is 0.00000280. The normalized spacial score (nSPS) is 20.1. The summed E-state index contributed by atoms with van der Waals surface area (Å²) in [6, 6.07) is 8.16. The van der Waals surface area contributed by atoms with Gasteiger partial charge in [0.25, 0.3) is 5.91 Å². The summed E-state index contributed by atoms with van der Waals surface area (Å²) in [6.07, 6.45) is 8.04. The van der Waals surface area contributed by atoms with Gasteiger partial charge in [-0.3, -0.25) is 9.59 Å². The molecule has 0 spiro atoms. The number of carbonyl (C=O) groups is 2. The van der Waals surface area contributed by atoms with Gasteiger partial charge in [0.05, 0.1) is 11.3 Å². The third-order valence-corrected chi connectivity index (χ3v) is 6.69. The van der Waals surface area contributed by atoms with Crippen molar-refractivity contribution in [3.63, 3.8) is 0 Å². The minimum absolute atomic E-state index is 0. The molecular weight excluding hydrogens is 394 g/mol. The van der Waals surface area contributed by atoms with Crippen LogP contribution in [0.3, 0.4) is 0 Å². The van der Waals surface area contributed by atoms with Crippen molar-refractivity contribution < 1.29 is 9.59 Å². The molecule has 2 fully saturated rings. The second-order valence-corrected chi connectivity index (χ2v) is 8.62. The van der Waals surface area contributed by atoms with Crippen molar-refractivity contribution in [3.8, 4) is 0 Å². The molecule has 1 atom stereocenters. The topological polar surface area (TPSA) is 61.4 Å². The van der Waals surface area contributed by atoms with Crippen molar-refractivity contribution in [3.05, 3.63) is 29.8 Å². The first-order chi connectivity index (χ1) is 13.1. The molecule has 1 aliphatic carbocycles.